The SMILES string of the molecule is Cc1cccc2c(=O)n(CCC(=O)Nc3ccccc3-c3cccs3)cnc12. The minimum Gasteiger partial charge on any atom is -0.325 e. The number of nitrogens with one attached hydrogen (secondary N) is 1. The summed E-state index contributed by atoms with van der Waals surface area (Å²) in [5.74, 6) is -0.139. The summed E-state index contributed by atoms with van der Waals surface area (Å²) in [6.45, 7) is 2.21. The van der Waals surface area contributed by atoms with Gasteiger partial charge in [0.15, 0.2) is 0 Å². The van der Waals surface area contributed by atoms with Gasteiger partial charge in [-0.15, -0.1) is 11.3 Å². The number of carbonyl (C=O) groups is 1. The molecule has 1 amide bonds. The highest BCUT2D eigenvalue weighted by Crippen LogP contribution is 2.31. The number of thiophene rings is 1. The number of hydrogen-bond donors (Lipinski definition) is 1. The lowest BCUT2D eigenvalue weighted by atomic mass is 10.1. The molecule has 0 bridgehead atoms. The number of amides is 1. The van der Waals surface area contributed by atoms with Gasteiger partial charge in [0.1, 0.15) is 0 Å². The summed E-state index contributed by atoms with van der Waals surface area (Å²) in [7, 11) is 0. The predicted molar refractivity (Wildman–Crippen MR) is 114 cm³/mol. The van der Waals surface area contributed by atoms with Crippen LogP contribution in [0.25, 0.3) is 21.3 Å². The second-order valence-electron chi connectivity index (χ2n) is 6.54. The maximum Gasteiger partial charge on any atom is 0.261 e. The standard InChI is InChI=1S/C22H19N3O2S/c1-15-6-4-8-17-21(15)23-14-25(22(17)27)12-11-20(26)24-18-9-3-2-7-16(18)19-10-5-13-28-19/h2-10,13-14H,11-12H2,1H3,(H,24,26). The first-order valence-electron chi connectivity index (χ1n) is 9.01. The van der Waals surface area contributed by atoms with Gasteiger partial charge in [-0.2, -0.15) is 0 Å². The highest BCUT2D eigenvalue weighted by molar-refractivity contribution is 7.13. The number of aromatic nitrogens is 2. The van der Waals surface area contributed by atoms with E-state index in [4.69, 9.17) is 0 Å². The average molecular weight is 389 g/mol. The van der Waals surface area contributed by atoms with E-state index in [9.17, 15) is 9.59 Å². The molecule has 0 spiro atoms. The Kier molecular flexibility index (Phi) is 5.04. The van der Waals surface area contributed by atoms with Crippen LogP contribution in [0.1, 0.15) is 12.0 Å². The molecule has 0 saturated heterocycles. The summed E-state index contributed by atoms with van der Waals surface area (Å²) in [5, 5.41) is 5.55. The molecule has 4 aromatic rings. The van der Waals surface area contributed by atoms with E-state index < -0.39 is 0 Å². The maximum atomic E-state index is 12.7. The number of aryl methyl sites for hydroxylation is 2. The zero-order valence-corrected chi connectivity index (χ0v) is 16.2. The molecule has 6 heteroatoms. The summed E-state index contributed by atoms with van der Waals surface area (Å²) < 4.78 is 1.49. The molecule has 0 aliphatic rings. The van der Waals surface area contributed by atoms with E-state index in [2.05, 4.69) is 10.3 Å². The fourth-order valence-electron chi connectivity index (χ4n) is 3.17. The number of carbonyl (C=O) groups excluding carboxylic acids is 1. The van der Waals surface area contributed by atoms with Gasteiger partial charge < -0.3 is 5.32 Å². The van der Waals surface area contributed by atoms with Crippen LogP contribution in [0.4, 0.5) is 5.69 Å². The van der Waals surface area contributed by atoms with Crippen LogP contribution < -0.4 is 10.9 Å². The van der Waals surface area contributed by atoms with Gasteiger partial charge in [-0.1, -0.05) is 36.4 Å². The zero-order chi connectivity index (χ0) is 19.5. The van der Waals surface area contributed by atoms with E-state index in [1.54, 1.807) is 17.4 Å². The largest absolute Gasteiger partial charge is 0.325 e. The molecule has 0 atom stereocenters. The van der Waals surface area contributed by atoms with Crippen LogP contribution in [-0.2, 0) is 11.3 Å². The van der Waals surface area contributed by atoms with Gasteiger partial charge in [0.05, 0.1) is 17.2 Å². The van der Waals surface area contributed by atoms with Crippen LogP contribution in [0.5, 0.6) is 0 Å². The summed E-state index contributed by atoms with van der Waals surface area (Å²) in [6.07, 6.45) is 1.71. The Bertz CT molecular complexity index is 1200. The summed E-state index contributed by atoms with van der Waals surface area (Å²) >= 11 is 1.63. The molecule has 28 heavy (non-hydrogen) atoms. The molecule has 2 heterocycles. The Labute approximate surface area is 166 Å². The number of anilines is 1. The molecule has 0 radical (unpaired) electrons. The van der Waals surface area contributed by atoms with Crippen molar-refractivity contribution < 1.29 is 4.79 Å². The van der Waals surface area contributed by atoms with Gasteiger partial charge in [0, 0.05) is 29.1 Å². The number of nitrogens with zero attached hydrogens (tertiary/aromatic N) is 2. The maximum absolute atomic E-state index is 12.7. The van der Waals surface area contributed by atoms with E-state index in [-0.39, 0.29) is 24.4 Å². The minimum atomic E-state index is -0.139. The van der Waals surface area contributed by atoms with E-state index in [1.165, 1.54) is 10.9 Å². The van der Waals surface area contributed by atoms with Crippen LogP contribution in [0.3, 0.4) is 0 Å². The van der Waals surface area contributed by atoms with E-state index in [0.29, 0.717) is 10.9 Å². The Morgan fingerprint density at radius 3 is 2.79 bits per heavy atom. The molecule has 0 aliphatic heterocycles. The molecule has 0 aliphatic carbocycles. The lowest BCUT2D eigenvalue weighted by molar-refractivity contribution is -0.116. The van der Waals surface area contributed by atoms with Crippen LogP contribution in [0.2, 0.25) is 0 Å². The molecular weight excluding hydrogens is 370 g/mol. The van der Waals surface area contributed by atoms with E-state index in [0.717, 1.165) is 21.7 Å². The summed E-state index contributed by atoms with van der Waals surface area (Å²) in [5.41, 5.74) is 3.31. The van der Waals surface area contributed by atoms with Crippen LogP contribution in [0.15, 0.2) is 71.1 Å². The van der Waals surface area contributed by atoms with Gasteiger partial charge in [-0.25, -0.2) is 4.98 Å². The van der Waals surface area contributed by atoms with Crippen molar-refractivity contribution in [2.75, 3.05) is 5.32 Å². The number of para-hydroxylation sites is 2. The van der Waals surface area contributed by atoms with Crippen molar-refractivity contribution in [1.29, 1.82) is 0 Å². The van der Waals surface area contributed by atoms with Crippen molar-refractivity contribution in [3.8, 4) is 10.4 Å². The van der Waals surface area contributed by atoms with Crippen LogP contribution in [-0.4, -0.2) is 15.5 Å². The van der Waals surface area contributed by atoms with Crippen molar-refractivity contribution >= 4 is 33.8 Å². The Hall–Kier alpha value is -3.25. The number of hydrogen-bond acceptors (Lipinski definition) is 4. The molecule has 4 rings (SSSR count). The van der Waals surface area contributed by atoms with Gasteiger partial charge in [0.25, 0.3) is 5.56 Å². The first kappa shape index (κ1) is 18.1. The molecule has 0 saturated carbocycles. The normalized spacial score (nSPS) is 10.9. The molecule has 1 N–H and O–H groups in total. The molecular formula is C22H19N3O2S. The minimum absolute atomic E-state index is 0.125. The first-order valence-corrected chi connectivity index (χ1v) is 9.89. The van der Waals surface area contributed by atoms with Crippen molar-refractivity contribution in [2.45, 2.75) is 19.9 Å². The predicted octanol–water partition coefficient (Wildman–Crippen LogP) is 4.46. The fraction of sp³-hybridized carbons (Fsp3) is 0.136. The Morgan fingerprint density at radius 1 is 1.11 bits per heavy atom. The summed E-state index contributed by atoms with van der Waals surface area (Å²) in [6, 6.07) is 17.3. The van der Waals surface area contributed by atoms with Crippen molar-refractivity contribution in [3.63, 3.8) is 0 Å². The third kappa shape index (κ3) is 3.59. The lowest BCUT2D eigenvalue weighted by Gasteiger charge is -2.11. The molecule has 2 aromatic heterocycles. The molecule has 5 nitrogen and oxygen atoms in total. The van der Waals surface area contributed by atoms with Crippen molar-refractivity contribution in [3.05, 3.63) is 82.2 Å². The molecule has 140 valence electrons. The zero-order valence-electron chi connectivity index (χ0n) is 15.4. The topological polar surface area (TPSA) is 64.0 Å². The second-order valence-corrected chi connectivity index (χ2v) is 7.48. The van der Waals surface area contributed by atoms with E-state index in [1.807, 2.05) is 60.8 Å². The molecule has 0 unspecified atom stereocenters. The lowest BCUT2D eigenvalue weighted by Crippen LogP contribution is -2.24. The third-order valence-electron chi connectivity index (χ3n) is 4.62. The van der Waals surface area contributed by atoms with Crippen LogP contribution in [0, 0.1) is 6.92 Å². The van der Waals surface area contributed by atoms with E-state index >= 15 is 0 Å². The van der Waals surface area contributed by atoms with Crippen molar-refractivity contribution in [2.24, 2.45) is 0 Å². The van der Waals surface area contributed by atoms with Gasteiger partial charge in [-0.05, 0) is 36.1 Å². The van der Waals surface area contributed by atoms with Gasteiger partial charge in [0.2, 0.25) is 5.91 Å². The molecule has 2 aromatic carbocycles. The van der Waals surface area contributed by atoms with Crippen LogP contribution >= 0.6 is 11.3 Å². The van der Waals surface area contributed by atoms with Gasteiger partial charge in [-0.3, -0.25) is 14.2 Å². The highest BCUT2D eigenvalue weighted by atomic mass is 32.1. The average Bonchev–Trinajstić information content (AvgIpc) is 3.23. The number of rotatable bonds is 5. The number of fused-ring (bicyclic) bond motifs is 1. The monoisotopic (exact) mass is 389 g/mol. The smallest absolute Gasteiger partial charge is 0.261 e. The second kappa shape index (κ2) is 7.78. The fourth-order valence-corrected chi connectivity index (χ4v) is 3.94. The number of benzene rings is 2. The third-order valence-corrected chi connectivity index (χ3v) is 5.53. The highest BCUT2D eigenvalue weighted by Gasteiger charge is 2.11. The quantitative estimate of drug-likeness (QED) is 0.548. The van der Waals surface area contributed by atoms with Crippen molar-refractivity contribution in [1.82, 2.24) is 9.55 Å². The first-order chi connectivity index (χ1) is 13.6. The van der Waals surface area contributed by atoms with Gasteiger partial charge >= 0.3 is 0 Å². The molecule has 0 fully saturated rings. The Morgan fingerprint density at radius 2 is 1.96 bits per heavy atom. The summed E-state index contributed by atoms with van der Waals surface area (Å²) in [4.78, 5) is 30.6. The Balaban J connectivity index is 1.50.